The van der Waals surface area contributed by atoms with Crippen LogP contribution in [0, 0.1) is 5.82 Å². The third-order valence-electron chi connectivity index (χ3n) is 4.52. The monoisotopic (exact) mass is 352 g/mol. The van der Waals surface area contributed by atoms with Crippen LogP contribution in [0.2, 0.25) is 0 Å². The van der Waals surface area contributed by atoms with Crippen LogP contribution in [0.25, 0.3) is 0 Å². The summed E-state index contributed by atoms with van der Waals surface area (Å²) in [4.78, 5) is 2.09. The number of hydrogen-bond donors (Lipinski definition) is 1. The van der Waals surface area contributed by atoms with Crippen molar-refractivity contribution < 1.29 is 17.6 Å². The van der Waals surface area contributed by atoms with Crippen molar-refractivity contribution in [1.29, 1.82) is 0 Å². The van der Waals surface area contributed by atoms with E-state index in [1.54, 1.807) is 6.07 Å². The van der Waals surface area contributed by atoms with Gasteiger partial charge in [0.1, 0.15) is 5.82 Å². The summed E-state index contributed by atoms with van der Waals surface area (Å²) in [7, 11) is 0. The first kappa shape index (κ1) is 17.7. The quantitative estimate of drug-likeness (QED) is 0.809. The molecule has 2 aromatic rings. The molecule has 0 spiro atoms. The van der Waals surface area contributed by atoms with Gasteiger partial charge in [0, 0.05) is 18.3 Å². The van der Waals surface area contributed by atoms with E-state index in [1.807, 2.05) is 6.07 Å². The van der Waals surface area contributed by atoms with Gasteiger partial charge >= 0.3 is 6.18 Å². The molecule has 25 heavy (non-hydrogen) atoms. The summed E-state index contributed by atoms with van der Waals surface area (Å²) < 4.78 is 51.8. The highest BCUT2D eigenvalue weighted by atomic mass is 19.4. The number of piperidine rings is 1. The third kappa shape index (κ3) is 4.51. The second kappa shape index (κ2) is 7.44. The molecule has 0 atom stereocenters. The van der Waals surface area contributed by atoms with Crippen LogP contribution in [0.15, 0.2) is 48.5 Å². The van der Waals surface area contributed by atoms with E-state index in [1.165, 1.54) is 24.3 Å². The number of hydrogen-bond acceptors (Lipinski definition) is 2. The van der Waals surface area contributed by atoms with Gasteiger partial charge in [0.15, 0.2) is 0 Å². The van der Waals surface area contributed by atoms with Crippen molar-refractivity contribution >= 4 is 5.69 Å². The van der Waals surface area contributed by atoms with Crippen LogP contribution in [0.1, 0.15) is 24.0 Å². The van der Waals surface area contributed by atoms with Gasteiger partial charge in [-0.15, -0.1) is 0 Å². The lowest BCUT2D eigenvalue weighted by molar-refractivity contribution is -0.137. The number of alkyl halides is 3. The Labute approximate surface area is 144 Å². The molecule has 2 nitrogen and oxygen atoms in total. The van der Waals surface area contributed by atoms with E-state index < -0.39 is 11.7 Å². The number of nitrogens with one attached hydrogen (secondary N) is 1. The van der Waals surface area contributed by atoms with Crippen molar-refractivity contribution in [3.8, 4) is 0 Å². The highest BCUT2D eigenvalue weighted by Crippen LogP contribution is 2.30. The first-order valence-corrected chi connectivity index (χ1v) is 8.32. The third-order valence-corrected chi connectivity index (χ3v) is 4.52. The van der Waals surface area contributed by atoms with Gasteiger partial charge in [-0.2, -0.15) is 13.2 Å². The predicted molar refractivity (Wildman–Crippen MR) is 89.9 cm³/mol. The molecule has 134 valence electrons. The fraction of sp³-hybridized carbons (Fsp3) is 0.368. The molecule has 1 saturated heterocycles. The largest absolute Gasteiger partial charge is 0.416 e. The average molecular weight is 352 g/mol. The van der Waals surface area contributed by atoms with Gasteiger partial charge in [-0.3, -0.25) is 0 Å². The summed E-state index contributed by atoms with van der Waals surface area (Å²) in [6.07, 6.45) is -2.51. The van der Waals surface area contributed by atoms with E-state index in [0.29, 0.717) is 6.54 Å². The van der Waals surface area contributed by atoms with Crippen molar-refractivity contribution in [1.82, 2.24) is 5.32 Å². The minimum atomic E-state index is -4.34. The summed E-state index contributed by atoms with van der Waals surface area (Å²) in [5.74, 6) is -0.316. The van der Waals surface area contributed by atoms with Gasteiger partial charge in [0.2, 0.25) is 0 Å². The number of benzene rings is 2. The summed E-state index contributed by atoms with van der Waals surface area (Å²) in [6.45, 7) is 2.21. The van der Waals surface area contributed by atoms with E-state index in [-0.39, 0.29) is 11.9 Å². The molecular weight excluding hydrogens is 332 g/mol. The zero-order valence-corrected chi connectivity index (χ0v) is 13.7. The molecule has 0 amide bonds. The highest BCUT2D eigenvalue weighted by Gasteiger charge is 2.30. The van der Waals surface area contributed by atoms with Crippen LogP contribution in [0.4, 0.5) is 23.2 Å². The maximum atomic E-state index is 13.7. The van der Waals surface area contributed by atoms with Gasteiger partial charge in [0.25, 0.3) is 0 Å². The van der Waals surface area contributed by atoms with Gasteiger partial charge in [-0.25, -0.2) is 4.39 Å². The number of rotatable bonds is 4. The Balaban J connectivity index is 1.84. The Morgan fingerprint density at radius 3 is 2.28 bits per heavy atom. The molecule has 1 heterocycles. The van der Waals surface area contributed by atoms with Crippen LogP contribution >= 0.6 is 0 Å². The van der Waals surface area contributed by atoms with E-state index >= 15 is 0 Å². The molecule has 0 radical (unpaired) electrons. The van der Waals surface area contributed by atoms with Crippen LogP contribution in [0.3, 0.4) is 0 Å². The van der Waals surface area contributed by atoms with Crippen molar-refractivity contribution in [3.63, 3.8) is 0 Å². The van der Waals surface area contributed by atoms with Gasteiger partial charge < -0.3 is 10.2 Å². The van der Waals surface area contributed by atoms with E-state index in [9.17, 15) is 17.6 Å². The molecule has 6 heteroatoms. The number of anilines is 1. The van der Waals surface area contributed by atoms with Crippen molar-refractivity contribution in [2.45, 2.75) is 31.6 Å². The van der Waals surface area contributed by atoms with Gasteiger partial charge in [-0.05, 0) is 61.8 Å². The van der Waals surface area contributed by atoms with Crippen LogP contribution in [-0.4, -0.2) is 19.1 Å². The van der Waals surface area contributed by atoms with E-state index in [0.717, 1.165) is 49.3 Å². The standard InChI is InChI=1S/C19H20F4N2/c20-16-2-1-3-18(12-16)25(17-8-10-24-11-9-17)13-14-4-6-15(7-5-14)19(21,22)23/h1-7,12,17,24H,8-11,13H2. The maximum absolute atomic E-state index is 13.7. The Morgan fingerprint density at radius 2 is 1.68 bits per heavy atom. The first-order chi connectivity index (χ1) is 11.9. The lowest BCUT2D eigenvalue weighted by atomic mass is 10.0. The van der Waals surface area contributed by atoms with Gasteiger partial charge in [-0.1, -0.05) is 18.2 Å². The summed E-state index contributed by atoms with van der Waals surface area (Å²) in [6, 6.07) is 11.8. The minimum Gasteiger partial charge on any atom is -0.364 e. The molecule has 0 saturated carbocycles. The summed E-state index contributed by atoms with van der Waals surface area (Å²) in [5.41, 5.74) is 0.873. The second-order valence-electron chi connectivity index (χ2n) is 6.28. The molecule has 1 N–H and O–H groups in total. The second-order valence-corrected chi connectivity index (χ2v) is 6.28. The van der Waals surface area contributed by atoms with E-state index in [4.69, 9.17) is 0 Å². The number of halogens is 4. The molecule has 3 rings (SSSR count). The van der Waals surface area contributed by atoms with Crippen molar-refractivity contribution in [3.05, 3.63) is 65.5 Å². The highest BCUT2D eigenvalue weighted by molar-refractivity contribution is 5.48. The SMILES string of the molecule is Fc1cccc(N(Cc2ccc(C(F)(F)F)cc2)C2CCNCC2)c1. The molecule has 0 bridgehead atoms. The zero-order valence-electron chi connectivity index (χ0n) is 13.7. The first-order valence-electron chi connectivity index (χ1n) is 8.32. The lowest BCUT2D eigenvalue weighted by Gasteiger charge is -2.36. The maximum Gasteiger partial charge on any atom is 0.416 e. The van der Waals surface area contributed by atoms with Gasteiger partial charge in [0.05, 0.1) is 5.56 Å². The van der Waals surface area contributed by atoms with Crippen molar-refractivity contribution in [2.24, 2.45) is 0 Å². The zero-order chi connectivity index (χ0) is 17.9. The molecule has 1 aliphatic heterocycles. The lowest BCUT2D eigenvalue weighted by Crippen LogP contribution is -2.43. The topological polar surface area (TPSA) is 15.3 Å². The molecule has 1 fully saturated rings. The molecule has 1 aliphatic rings. The molecule has 0 aliphatic carbocycles. The average Bonchev–Trinajstić information content (AvgIpc) is 2.60. The normalized spacial score (nSPS) is 16.0. The number of nitrogens with zero attached hydrogens (tertiary/aromatic N) is 1. The molecule has 0 aromatic heterocycles. The van der Waals surface area contributed by atoms with Crippen LogP contribution < -0.4 is 10.2 Å². The summed E-state index contributed by atoms with van der Waals surface area (Å²) >= 11 is 0. The Morgan fingerprint density at radius 1 is 1.00 bits per heavy atom. The van der Waals surface area contributed by atoms with Crippen LogP contribution in [-0.2, 0) is 12.7 Å². The Kier molecular flexibility index (Phi) is 5.27. The fourth-order valence-electron chi connectivity index (χ4n) is 3.20. The Hall–Kier alpha value is -2.08. The minimum absolute atomic E-state index is 0.227. The molecule has 0 unspecified atom stereocenters. The Bertz CT molecular complexity index is 691. The molecular formula is C19H20F4N2. The van der Waals surface area contributed by atoms with Crippen molar-refractivity contribution in [2.75, 3.05) is 18.0 Å². The summed E-state index contributed by atoms with van der Waals surface area (Å²) in [5, 5.41) is 3.29. The molecule has 2 aromatic carbocycles. The smallest absolute Gasteiger partial charge is 0.364 e. The fourth-order valence-corrected chi connectivity index (χ4v) is 3.20. The van der Waals surface area contributed by atoms with E-state index in [2.05, 4.69) is 10.2 Å². The van der Waals surface area contributed by atoms with Crippen LogP contribution in [0.5, 0.6) is 0 Å². The predicted octanol–water partition coefficient (Wildman–Crippen LogP) is 4.60.